The number of benzene rings is 2. The van der Waals surface area contributed by atoms with E-state index in [1.54, 1.807) is 18.2 Å². The predicted molar refractivity (Wildman–Crippen MR) is 81.0 cm³/mol. The number of hydrogen-bond acceptors (Lipinski definition) is 5. The summed E-state index contributed by atoms with van der Waals surface area (Å²) in [7, 11) is 0. The Labute approximate surface area is 127 Å². The second kappa shape index (κ2) is 6.30. The molecule has 0 N–H and O–H groups in total. The average molecular weight is 297 g/mol. The Kier molecular flexibility index (Phi) is 4.05. The first-order valence-corrected chi connectivity index (χ1v) is 7.00. The topological polar surface area (TPSA) is 61.6 Å². The number of nitrogens with zero attached hydrogens (tertiary/aromatic N) is 1. The SMILES string of the molecule is CCc1cccc(OCC(=O)Oc2ccc3ocnc3c2)c1. The van der Waals surface area contributed by atoms with Gasteiger partial charge >= 0.3 is 5.97 Å². The standard InChI is InChI=1S/C17H15NO4/c1-2-12-4-3-5-13(8-12)20-10-17(19)22-14-6-7-16-15(9-14)18-11-21-16/h3-9,11H,2,10H2,1H3. The highest BCUT2D eigenvalue weighted by Gasteiger charge is 2.08. The maximum absolute atomic E-state index is 11.8. The lowest BCUT2D eigenvalue weighted by Crippen LogP contribution is -2.17. The van der Waals surface area contributed by atoms with Crippen LogP contribution in [-0.4, -0.2) is 17.6 Å². The largest absolute Gasteiger partial charge is 0.482 e. The molecule has 22 heavy (non-hydrogen) atoms. The highest BCUT2D eigenvalue weighted by molar-refractivity contribution is 5.78. The number of carbonyl (C=O) groups is 1. The second-order valence-electron chi connectivity index (χ2n) is 4.75. The Morgan fingerprint density at radius 3 is 2.95 bits per heavy atom. The van der Waals surface area contributed by atoms with Crippen molar-refractivity contribution in [3.63, 3.8) is 0 Å². The molecule has 0 amide bonds. The van der Waals surface area contributed by atoms with Crippen molar-refractivity contribution in [1.29, 1.82) is 0 Å². The highest BCUT2D eigenvalue weighted by atomic mass is 16.6. The molecular formula is C17H15NO4. The molecule has 1 heterocycles. The van der Waals surface area contributed by atoms with Crippen molar-refractivity contribution in [2.45, 2.75) is 13.3 Å². The first-order valence-electron chi connectivity index (χ1n) is 7.00. The lowest BCUT2D eigenvalue weighted by atomic mass is 10.2. The van der Waals surface area contributed by atoms with Crippen LogP contribution >= 0.6 is 0 Å². The van der Waals surface area contributed by atoms with Crippen molar-refractivity contribution in [2.75, 3.05) is 6.61 Å². The van der Waals surface area contributed by atoms with Crippen molar-refractivity contribution < 1.29 is 18.7 Å². The molecule has 0 spiro atoms. The van der Waals surface area contributed by atoms with Gasteiger partial charge in [-0.3, -0.25) is 0 Å². The van der Waals surface area contributed by atoms with Crippen molar-refractivity contribution in [3.05, 3.63) is 54.4 Å². The molecule has 0 saturated heterocycles. The summed E-state index contributed by atoms with van der Waals surface area (Å²) in [5.74, 6) is 0.602. The highest BCUT2D eigenvalue weighted by Crippen LogP contribution is 2.20. The monoisotopic (exact) mass is 297 g/mol. The molecule has 3 rings (SSSR count). The minimum atomic E-state index is -0.468. The van der Waals surface area contributed by atoms with Gasteiger partial charge in [0.25, 0.3) is 0 Å². The van der Waals surface area contributed by atoms with E-state index in [4.69, 9.17) is 13.9 Å². The predicted octanol–water partition coefficient (Wildman–Crippen LogP) is 3.37. The van der Waals surface area contributed by atoms with E-state index in [0.29, 0.717) is 22.6 Å². The van der Waals surface area contributed by atoms with Crippen molar-refractivity contribution in [1.82, 2.24) is 4.98 Å². The summed E-state index contributed by atoms with van der Waals surface area (Å²) < 4.78 is 15.8. The molecule has 0 radical (unpaired) electrons. The second-order valence-corrected chi connectivity index (χ2v) is 4.75. The van der Waals surface area contributed by atoms with Crippen molar-refractivity contribution >= 4 is 17.1 Å². The van der Waals surface area contributed by atoms with Crippen LogP contribution in [0.15, 0.2) is 53.3 Å². The number of esters is 1. The minimum Gasteiger partial charge on any atom is -0.482 e. The fraction of sp³-hybridized carbons (Fsp3) is 0.176. The fourth-order valence-electron chi connectivity index (χ4n) is 2.06. The van der Waals surface area contributed by atoms with E-state index in [1.165, 1.54) is 6.39 Å². The van der Waals surface area contributed by atoms with Gasteiger partial charge in [-0.1, -0.05) is 19.1 Å². The number of aromatic nitrogens is 1. The molecule has 112 valence electrons. The molecule has 2 aromatic carbocycles. The van der Waals surface area contributed by atoms with E-state index in [9.17, 15) is 4.79 Å². The van der Waals surface area contributed by atoms with Crippen LogP contribution < -0.4 is 9.47 Å². The Hall–Kier alpha value is -2.82. The molecule has 5 heteroatoms. The molecule has 0 fully saturated rings. The maximum Gasteiger partial charge on any atom is 0.349 e. The Morgan fingerprint density at radius 1 is 1.18 bits per heavy atom. The van der Waals surface area contributed by atoms with E-state index in [2.05, 4.69) is 11.9 Å². The molecule has 0 aliphatic rings. The van der Waals surface area contributed by atoms with Gasteiger partial charge < -0.3 is 13.9 Å². The van der Waals surface area contributed by atoms with Crippen LogP contribution in [0.25, 0.3) is 11.1 Å². The summed E-state index contributed by atoms with van der Waals surface area (Å²) in [5, 5.41) is 0. The third-order valence-corrected chi connectivity index (χ3v) is 3.20. The number of carbonyl (C=O) groups excluding carboxylic acids is 1. The van der Waals surface area contributed by atoms with Crippen LogP contribution in [0.1, 0.15) is 12.5 Å². The van der Waals surface area contributed by atoms with Crippen LogP contribution in [0.4, 0.5) is 0 Å². The number of aryl methyl sites for hydroxylation is 1. The quantitative estimate of drug-likeness (QED) is 0.533. The van der Waals surface area contributed by atoms with Crippen LogP contribution in [0.3, 0.4) is 0 Å². The summed E-state index contributed by atoms with van der Waals surface area (Å²) in [5.41, 5.74) is 2.44. The number of oxazole rings is 1. The third-order valence-electron chi connectivity index (χ3n) is 3.20. The van der Waals surface area contributed by atoms with Crippen LogP contribution in [0.5, 0.6) is 11.5 Å². The van der Waals surface area contributed by atoms with Crippen LogP contribution in [-0.2, 0) is 11.2 Å². The Bertz CT molecular complexity index is 794. The van der Waals surface area contributed by atoms with E-state index >= 15 is 0 Å². The molecular weight excluding hydrogens is 282 g/mol. The van der Waals surface area contributed by atoms with E-state index in [1.807, 2.05) is 24.3 Å². The van der Waals surface area contributed by atoms with Gasteiger partial charge in [0.2, 0.25) is 0 Å². The molecule has 0 unspecified atom stereocenters. The molecule has 1 aromatic heterocycles. The molecule has 0 atom stereocenters. The average Bonchev–Trinajstić information content (AvgIpc) is 3.01. The zero-order valence-electron chi connectivity index (χ0n) is 12.1. The number of ether oxygens (including phenoxy) is 2. The van der Waals surface area contributed by atoms with Gasteiger partial charge in [0, 0.05) is 6.07 Å². The van der Waals surface area contributed by atoms with E-state index < -0.39 is 5.97 Å². The van der Waals surface area contributed by atoms with Gasteiger partial charge in [-0.05, 0) is 36.2 Å². The number of hydrogen-bond donors (Lipinski definition) is 0. The minimum absolute atomic E-state index is 0.149. The summed E-state index contributed by atoms with van der Waals surface area (Å²) >= 11 is 0. The zero-order chi connectivity index (χ0) is 15.4. The van der Waals surface area contributed by atoms with Crippen LogP contribution in [0, 0.1) is 0 Å². The van der Waals surface area contributed by atoms with E-state index in [0.717, 1.165) is 12.0 Å². The van der Waals surface area contributed by atoms with Gasteiger partial charge in [-0.2, -0.15) is 0 Å². The summed E-state index contributed by atoms with van der Waals surface area (Å²) in [6.07, 6.45) is 2.26. The first-order chi connectivity index (χ1) is 10.7. The number of fused-ring (bicyclic) bond motifs is 1. The smallest absolute Gasteiger partial charge is 0.349 e. The lowest BCUT2D eigenvalue weighted by Gasteiger charge is -2.07. The first kappa shape index (κ1) is 14.1. The van der Waals surface area contributed by atoms with Gasteiger partial charge in [0.15, 0.2) is 18.6 Å². The van der Waals surface area contributed by atoms with Crippen molar-refractivity contribution in [3.8, 4) is 11.5 Å². The Balaban J connectivity index is 1.59. The maximum atomic E-state index is 11.8. The Morgan fingerprint density at radius 2 is 2.09 bits per heavy atom. The summed E-state index contributed by atoms with van der Waals surface area (Å²) in [6.45, 7) is 1.91. The fourth-order valence-corrected chi connectivity index (χ4v) is 2.06. The lowest BCUT2D eigenvalue weighted by molar-refractivity contribution is -0.136. The van der Waals surface area contributed by atoms with Gasteiger partial charge in [-0.15, -0.1) is 0 Å². The van der Waals surface area contributed by atoms with Gasteiger partial charge in [0.1, 0.15) is 17.0 Å². The molecule has 0 aliphatic carbocycles. The molecule has 0 bridgehead atoms. The molecule has 0 aliphatic heterocycles. The third kappa shape index (κ3) is 3.25. The summed E-state index contributed by atoms with van der Waals surface area (Å²) in [4.78, 5) is 15.8. The number of rotatable bonds is 5. The molecule has 0 saturated carbocycles. The van der Waals surface area contributed by atoms with Gasteiger partial charge in [-0.25, -0.2) is 9.78 Å². The van der Waals surface area contributed by atoms with Gasteiger partial charge in [0.05, 0.1) is 0 Å². The van der Waals surface area contributed by atoms with Crippen molar-refractivity contribution in [2.24, 2.45) is 0 Å². The van der Waals surface area contributed by atoms with Crippen LogP contribution in [0.2, 0.25) is 0 Å². The molecule has 3 aromatic rings. The zero-order valence-corrected chi connectivity index (χ0v) is 12.1. The summed E-state index contributed by atoms with van der Waals surface area (Å²) in [6, 6.07) is 12.6. The molecule has 5 nitrogen and oxygen atoms in total. The van der Waals surface area contributed by atoms with E-state index in [-0.39, 0.29) is 6.61 Å². The normalized spacial score (nSPS) is 10.6.